The van der Waals surface area contributed by atoms with Crippen LogP contribution in [-0.2, 0) is 30.5 Å². The van der Waals surface area contributed by atoms with E-state index in [2.05, 4.69) is 15.0 Å². The molecule has 0 aliphatic carbocycles. The third-order valence-electron chi connectivity index (χ3n) is 3.78. The number of alkyl halides is 3. The second kappa shape index (κ2) is 5.65. The van der Waals surface area contributed by atoms with Crippen LogP contribution in [0, 0.1) is 0 Å². The molecule has 0 bridgehead atoms. The zero-order valence-electron chi connectivity index (χ0n) is 11.8. The molecule has 0 saturated carbocycles. The normalized spacial score (nSPS) is 18.7. The molecule has 0 amide bonds. The number of aliphatic carboxylic acids is 1. The summed E-state index contributed by atoms with van der Waals surface area (Å²) in [4.78, 5) is 23.5. The first-order valence-corrected chi connectivity index (χ1v) is 6.84. The van der Waals surface area contributed by atoms with E-state index in [0.717, 1.165) is 18.0 Å². The highest BCUT2D eigenvalue weighted by Crippen LogP contribution is 2.28. The summed E-state index contributed by atoms with van der Waals surface area (Å²) in [6, 6.07) is 1.45. The number of fused-ring (bicyclic) bond motifs is 1. The smallest absolute Gasteiger partial charge is 0.433 e. The third-order valence-corrected chi connectivity index (χ3v) is 3.78. The van der Waals surface area contributed by atoms with Gasteiger partial charge in [-0.1, -0.05) is 6.07 Å². The van der Waals surface area contributed by atoms with Crippen LogP contribution in [0.25, 0.3) is 0 Å². The van der Waals surface area contributed by atoms with Crippen molar-refractivity contribution in [1.82, 2.24) is 19.9 Å². The number of carboxylic acids is 1. The van der Waals surface area contributed by atoms with Crippen LogP contribution in [0.3, 0.4) is 0 Å². The van der Waals surface area contributed by atoms with Crippen molar-refractivity contribution in [2.45, 2.75) is 31.7 Å². The number of carboxylic acid groups (broad SMARTS) is 1. The first kappa shape index (κ1) is 15.5. The van der Waals surface area contributed by atoms with E-state index in [1.807, 2.05) is 0 Å². The van der Waals surface area contributed by atoms with Gasteiger partial charge in [-0.2, -0.15) is 13.2 Å². The molecule has 122 valence electrons. The summed E-state index contributed by atoms with van der Waals surface area (Å²) in [5, 5.41) is 9.36. The molecule has 1 aliphatic rings. The summed E-state index contributed by atoms with van der Waals surface area (Å²) in [6.45, 7) is 0.536. The molecule has 0 saturated heterocycles. The number of imidazole rings is 1. The number of pyridine rings is 1. The molecular formula is C14H13F3N4O2. The first-order valence-electron chi connectivity index (χ1n) is 6.84. The predicted molar refractivity (Wildman–Crippen MR) is 72.2 cm³/mol. The Bertz CT molecular complexity index is 712. The Morgan fingerprint density at radius 2 is 2.17 bits per heavy atom. The minimum atomic E-state index is -4.49. The molecule has 1 aliphatic heterocycles. The van der Waals surface area contributed by atoms with Crippen molar-refractivity contribution in [3.63, 3.8) is 0 Å². The number of carbonyl (C=O) groups is 1. The Morgan fingerprint density at radius 1 is 1.39 bits per heavy atom. The van der Waals surface area contributed by atoms with Gasteiger partial charge in [-0.3, -0.25) is 14.7 Å². The molecule has 2 N–H and O–H groups in total. The number of nitrogens with zero attached hydrogens (tertiary/aromatic N) is 3. The first-order chi connectivity index (χ1) is 10.8. The highest BCUT2D eigenvalue weighted by Gasteiger charge is 2.34. The number of nitrogens with one attached hydrogen (secondary N) is 1. The second-order valence-electron chi connectivity index (χ2n) is 5.34. The molecule has 3 rings (SSSR count). The molecule has 3 heterocycles. The molecule has 6 nitrogen and oxygen atoms in total. The molecule has 2 aromatic heterocycles. The van der Waals surface area contributed by atoms with Crippen LogP contribution in [0.1, 0.15) is 22.6 Å². The minimum Gasteiger partial charge on any atom is -0.480 e. The average Bonchev–Trinajstić information content (AvgIpc) is 2.93. The van der Waals surface area contributed by atoms with E-state index in [-0.39, 0.29) is 13.0 Å². The molecule has 23 heavy (non-hydrogen) atoms. The van der Waals surface area contributed by atoms with Crippen molar-refractivity contribution in [2.75, 3.05) is 0 Å². The van der Waals surface area contributed by atoms with Gasteiger partial charge in [0.15, 0.2) is 0 Å². The summed E-state index contributed by atoms with van der Waals surface area (Å²) in [7, 11) is 0. The topological polar surface area (TPSA) is 82.1 Å². The van der Waals surface area contributed by atoms with E-state index < -0.39 is 23.9 Å². The van der Waals surface area contributed by atoms with Gasteiger partial charge in [0.2, 0.25) is 0 Å². The standard InChI is InChI=1S/C14H13F3N4O2/c15-14(16,17)12-2-1-8(4-18-12)5-21-6-10-9(19-7-20-10)3-11(21)13(22)23/h1-2,4,7,11H,3,5-6H2,(H,19,20)(H,22,23)/t11-/m1/s1. The fourth-order valence-electron chi connectivity index (χ4n) is 2.62. The number of hydrogen-bond donors (Lipinski definition) is 2. The van der Waals surface area contributed by atoms with Gasteiger partial charge in [-0.25, -0.2) is 4.98 Å². The minimum absolute atomic E-state index is 0.195. The molecule has 1 atom stereocenters. The van der Waals surface area contributed by atoms with E-state index in [1.54, 1.807) is 4.90 Å². The van der Waals surface area contributed by atoms with E-state index >= 15 is 0 Å². The molecule has 2 aromatic rings. The van der Waals surface area contributed by atoms with Gasteiger partial charge in [-0.05, 0) is 11.6 Å². The summed E-state index contributed by atoms with van der Waals surface area (Å²) in [5.74, 6) is -0.987. The predicted octanol–water partition coefficient (Wildman–Crippen LogP) is 1.83. The van der Waals surface area contributed by atoms with Gasteiger partial charge in [0, 0.05) is 25.7 Å². The van der Waals surface area contributed by atoms with Crippen LogP contribution in [0.5, 0.6) is 0 Å². The van der Waals surface area contributed by atoms with Crippen molar-refractivity contribution in [1.29, 1.82) is 0 Å². The van der Waals surface area contributed by atoms with Gasteiger partial charge >= 0.3 is 12.1 Å². The van der Waals surface area contributed by atoms with Gasteiger partial charge < -0.3 is 10.1 Å². The molecule has 0 unspecified atom stereocenters. The molecule has 0 spiro atoms. The number of H-pyrrole nitrogens is 1. The third kappa shape index (κ3) is 3.19. The largest absolute Gasteiger partial charge is 0.480 e. The fourth-order valence-corrected chi connectivity index (χ4v) is 2.62. The molecular weight excluding hydrogens is 313 g/mol. The molecule has 0 fully saturated rings. The molecule has 9 heteroatoms. The average molecular weight is 326 g/mol. The van der Waals surface area contributed by atoms with E-state index in [1.165, 1.54) is 12.4 Å². The van der Waals surface area contributed by atoms with Gasteiger partial charge in [0.1, 0.15) is 11.7 Å². The zero-order valence-corrected chi connectivity index (χ0v) is 11.8. The number of hydrogen-bond acceptors (Lipinski definition) is 4. The molecule has 0 aromatic carbocycles. The monoisotopic (exact) mass is 326 g/mol. The van der Waals surface area contributed by atoms with Crippen molar-refractivity contribution in [3.05, 3.63) is 47.3 Å². The van der Waals surface area contributed by atoms with Gasteiger partial charge in [0.05, 0.1) is 17.7 Å². The van der Waals surface area contributed by atoms with E-state index in [9.17, 15) is 23.1 Å². The lowest BCUT2D eigenvalue weighted by Crippen LogP contribution is -2.45. The summed E-state index contributed by atoms with van der Waals surface area (Å²) >= 11 is 0. The van der Waals surface area contributed by atoms with Crippen LogP contribution in [0.15, 0.2) is 24.7 Å². The zero-order chi connectivity index (χ0) is 16.6. The number of halogens is 3. The fraction of sp³-hybridized carbons (Fsp3) is 0.357. The summed E-state index contributed by atoms with van der Waals surface area (Å²) in [6.07, 6.45) is -1.60. The van der Waals surface area contributed by atoms with Crippen LogP contribution >= 0.6 is 0 Å². The maximum Gasteiger partial charge on any atom is 0.433 e. The summed E-state index contributed by atoms with van der Waals surface area (Å²) < 4.78 is 37.5. The number of rotatable bonds is 3. The Labute approximate surface area is 129 Å². The SMILES string of the molecule is O=C(O)[C@H]1Cc2nc[nH]c2CN1Cc1ccc(C(F)(F)F)nc1. The summed E-state index contributed by atoms with van der Waals surface area (Å²) in [5.41, 5.74) is 1.08. The quantitative estimate of drug-likeness (QED) is 0.899. The van der Waals surface area contributed by atoms with Gasteiger partial charge in [0.25, 0.3) is 0 Å². The van der Waals surface area contributed by atoms with Crippen molar-refractivity contribution in [3.8, 4) is 0 Å². The number of aromatic nitrogens is 3. The highest BCUT2D eigenvalue weighted by atomic mass is 19.4. The highest BCUT2D eigenvalue weighted by molar-refractivity contribution is 5.74. The van der Waals surface area contributed by atoms with Crippen LogP contribution < -0.4 is 0 Å². The number of aromatic amines is 1. The maximum absolute atomic E-state index is 12.5. The Morgan fingerprint density at radius 3 is 2.78 bits per heavy atom. The lowest BCUT2D eigenvalue weighted by atomic mass is 10.0. The van der Waals surface area contributed by atoms with Crippen LogP contribution in [0.2, 0.25) is 0 Å². The Balaban J connectivity index is 1.79. The molecule has 0 radical (unpaired) electrons. The van der Waals surface area contributed by atoms with Crippen molar-refractivity contribution >= 4 is 5.97 Å². The van der Waals surface area contributed by atoms with E-state index in [4.69, 9.17) is 0 Å². The van der Waals surface area contributed by atoms with E-state index in [0.29, 0.717) is 17.8 Å². The Hall–Kier alpha value is -2.42. The lowest BCUT2D eigenvalue weighted by Gasteiger charge is -2.32. The van der Waals surface area contributed by atoms with Crippen LogP contribution in [0.4, 0.5) is 13.2 Å². The van der Waals surface area contributed by atoms with Crippen molar-refractivity contribution < 1.29 is 23.1 Å². The second-order valence-corrected chi connectivity index (χ2v) is 5.34. The van der Waals surface area contributed by atoms with Gasteiger partial charge in [-0.15, -0.1) is 0 Å². The lowest BCUT2D eigenvalue weighted by molar-refractivity contribution is -0.144. The Kier molecular flexibility index (Phi) is 3.80. The maximum atomic E-state index is 12.5. The van der Waals surface area contributed by atoms with Crippen LogP contribution in [-0.4, -0.2) is 37.0 Å². The van der Waals surface area contributed by atoms with Crippen molar-refractivity contribution in [2.24, 2.45) is 0 Å².